The van der Waals surface area contributed by atoms with Crippen LogP contribution in [0.2, 0.25) is 0 Å². The van der Waals surface area contributed by atoms with Crippen LogP contribution in [0.1, 0.15) is 25.7 Å². The van der Waals surface area contributed by atoms with Gasteiger partial charge >= 0.3 is 0 Å². The van der Waals surface area contributed by atoms with Crippen molar-refractivity contribution in [1.82, 2.24) is 4.31 Å². The van der Waals surface area contributed by atoms with Crippen molar-refractivity contribution in [2.45, 2.75) is 25.7 Å². The van der Waals surface area contributed by atoms with Gasteiger partial charge in [0.1, 0.15) is 0 Å². The van der Waals surface area contributed by atoms with Crippen LogP contribution in [-0.4, -0.2) is 17.4 Å². The van der Waals surface area contributed by atoms with E-state index in [2.05, 4.69) is 17.1 Å². The van der Waals surface area contributed by atoms with E-state index in [9.17, 15) is 0 Å². The second-order valence-electron chi connectivity index (χ2n) is 3.45. The predicted octanol–water partition coefficient (Wildman–Crippen LogP) is 1.71. The molecule has 2 heteroatoms. The van der Waals surface area contributed by atoms with Crippen LogP contribution in [0.15, 0.2) is 0 Å². The Morgan fingerprint density at radius 2 is 1.56 bits per heavy atom. The van der Waals surface area contributed by atoms with Crippen molar-refractivity contribution in [2.24, 2.45) is 5.41 Å². The second-order valence-corrected chi connectivity index (χ2v) is 4.02. The Labute approximate surface area is 62.0 Å². The van der Waals surface area contributed by atoms with Crippen molar-refractivity contribution in [3.05, 3.63) is 0 Å². The molecule has 0 N–H and O–H groups in total. The Kier molecular flexibility index (Phi) is 1.27. The molecule has 0 radical (unpaired) electrons. The summed E-state index contributed by atoms with van der Waals surface area (Å²) in [6, 6.07) is 0. The van der Waals surface area contributed by atoms with Crippen LogP contribution in [0.25, 0.3) is 0 Å². The quantitative estimate of drug-likeness (QED) is 0.505. The molecule has 9 heavy (non-hydrogen) atoms. The summed E-state index contributed by atoms with van der Waals surface area (Å²) in [5, 5.41) is 0. The third-order valence-corrected chi connectivity index (χ3v) is 3.16. The molecular weight excluding hydrogens is 130 g/mol. The van der Waals surface area contributed by atoms with Crippen LogP contribution >= 0.6 is 12.8 Å². The molecule has 2 aliphatic rings. The van der Waals surface area contributed by atoms with Crippen molar-refractivity contribution in [3.8, 4) is 0 Å². The highest BCUT2D eigenvalue weighted by Crippen LogP contribution is 2.53. The van der Waals surface area contributed by atoms with Crippen molar-refractivity contribution in [1.29, 1.82) is 0 Å². The molecule has 2 fully saturated rings. The van der Waals surface area contributed by atoms with Gasteiger partial charge in [0.05, 0.1) is 0 Å². The number of piperidine rings is 1. The molecule has 1 aliphatic heterocycles. The fourth-order valence-corrected chi connectivity index (χ4v) is 1.85. The summed E-state index contributed by atoms with van der Waals surface area (Å²) >= 11 is 4.30. The van der Waals surface area contributed by atoms with E-state index in [4.69, 9.17) is 0 Å². The molecule has 1 aliphatic carbocycles. The average molecular weight is 143 g/mol. The van der Waals surface area contributed by atoms with Gasteiger partial charge in [-0.2, -0.15) is 0 Å². The van der Waals surface area contributed by atoms with E-state index in [1.807, 2.05) is 0 Å². The lowest BCUT2D eigenvalue weighted by Gasteiger charge is -2.27. The Morgan fingerprint density at radius 3 is 2.00 bits per heavy atom. The summed E-state index contributed by atoms with van der Waals surface area (Å²) in [6.07, 6.45) is 5.79. The van der Waals surface area contributed by atoms with Gasteiger partial charge in [-0.15, -0.1) is 0 Å². The first-order chi connectivity index (χ1) is 4.31. The topological polar surface area (TPSA) is 3.24 Å². The first kappa shape index (κ1) is 6.05. The minimum absolute atomic E-state index is 0.819. The molecule has 1 saturated heterocycles. The van der Waals surface area contributed by atoms with Gasteiger partial charge in [0, 0.05) is 13.1 Å². The number of rotatable bonds is 0. The highest BCUT2D eigenvalue weighted by Gasteiger charge is 2.43. The second kappa shape index (κ2) is 1.89. The third-order valence-electron chi connectivity index (χ3n) is 2.76. The van der Waals surface area contributed by atoms with Crippen LogP contribution in [0.4, 0.5) is 0 Å². The molecule has 1 heterocycles. The van der Waals surface area contributed by atoms with Crippen molar-refractivity contribution in [3.63, 3.8) is 0 Å². The number of nitrogens with zero attached hydrogens (tertiary/aromatic N) is 1. The smallest absolute Gasteiger partial charge is 0.00922 e. The van der Waals surface area contributed by atoms with E-state index in [-0.39, 0.29) is 0 Å². The van der Waals surface area contributed by atoms with Crippen molar-refractivity contribution >= 4 is 12.8 Å². The fourth-order valence-electron chi connectivity index (χ4n) is 1.65. The maximum Gasteiger partial charge on any atom is 0.00922 e. The molecular formula is C7H13NS. The van der Waals surface area contributed by atoms with E-state index < -0.39 is 0 Å². The molecule has 2 rings (SSSR count). The zero-order chi connectivity index (χ0) is 6.32. The van der Waals surface area contributed by atoms with Gasteiger partial charge in [0.25, 0.3) is 0 Å². The monoisotopic (exact) mass is 143 g/mol. The Hall–Kier alpha value is 0.310. The maximum absolute atomic E-state index is 4.30. The minimum Gasteiger partial charge on any atom is -0.253 e. The Balaban J connectivity index is 1.91. The van der Waals surface area contributed by atoms with E-state index in [1.165, 1.54) is 38.8 Å². The molecule has 0 aromatic rings. The zero-order valence-corrected chi connectivity index (χ0v) is 6.53. The zero-order valence-electron chi connectivity index (χ0n) is 5.64. The molecule has 0 atom stereocenters. The lowest BCUT2D eigenvalue weighted by atomic mass is 9.95. The van der Waals surface area contributed by atoms with E-state index in [1.54, 1.807) is 0 Å². The summed E-state index contributed by atoms with van der Waals surface area (Å²) in [4.78, 5) is 0. The van der Waals surface area contributed by atoms with Crippen LogP contribution < -0.4 is 0 Å². The number of thiol groups is 1. The summed E-state index contributed by atoms with van der Waals surface area (Å²) < 4.78 is 2.14. The molecule has 0 amide bonds. The van der Waals surface area contributed by atoms with Crippen LogP contribution in [0.3, 0.4) is 0 Å². The first-order valence-electron chi connectivity index (χ1n) is 3.75. The van der Waals surface area contributed by atoms with Gasteiger partial charge in [-0.25, -0.2) is 0 Å². The van der Waals surface area contributed by atoms with Crippen molar-refractivity contribution < 1.29 is 0 Å². The van der Waals surface area contributed by atoms with Crippen molar-refractivity contribution in [2.75, 3.05) is 13.1 Å². The van der Waals surface area contributed by atoms with E-state index in [0.29, 0.717) is 0 Å². The van der Waals surface area contributed by atoms with Gasteiger partial charge in [-0.05, 0) is 31.1 Å². The standard InChI is InChI=1S/C7H13NS/c9-8-5-3-7(1-2-7)4-6-8/h9H,1-6H2. The molecule has 0 bridgehead atoms. The van der Waals surface area contributed by atoms with Crippen LogP contribution in [-0.2, 0) is 0 Å². The first-order valence-corrected chi connectivity index (χ1v) is 4.15. The molecule has 1 saturated carbocycles. The Bertz CT molecular complexity index is 110. The van der Waals surface area contributed by atoms with Crippen LogP contribution in [0, 0.1) is 5.41 Å². The highest BCUT2D eigenvalue weighted by molar-refractivity contribution is 7.77. The SMILES string of the molecule is SN1CCC2(CC1)CC2. The molecule has 52 valence electrons. The fraction of sp³-hybridized carbons (Fsp3) is 1.00. The minimum atomic E-state index is 0.819. The van der Waals surface area contributed by atoms with Gasteiger partial charge in [-0.3, -0.25) is 4.31 Å². The van der Waals surface area contributed by atoms with E-state index >= 15 is 0 Å². The lowest BCUT2D eigenvalue weighted by molar-refractivity contribution is 0.276. The predicted molar refractivity (Wildman–Crippen MR) is 41.5 cm³/mol. The molecule has 1 nitrogen and oxygen atoms in total. The summed E-state index contributed by atoms with van der Waals surface area (Å²) in [7, 11) is 0. The molecule has 0 unspecified atom stereocenters. The van der Waals surface area contributed by atoms with Crippen LogP contribution in [0.5, 0.6) is 0 Å². The molecule has 1 spiro atoms. The third kappa shape index (κ3) is 1.10. The average Bonchev–Trinajstić information content (AvgIpc) is 2.60. The summed E-state index contributed by atoms with van der Waals surface area (Å²) in [5.41, 5.74) is 0.819. The number of hydrogen-bond donors (Lipinski definition) is 1. The van der Waals surface area contributed by atoms with Gasteiger partial charge in [0.2, 0.25) is 0 Å². The highest BCUT2D eigenvalue weighted by atomic mass is 32.1. The summed E-state index contributed by atoms with van der Waals surface area (Å²) in [5.74, 6) is 0. The molecule has 0 aromatic heterocycles. The number of hydrogen-bond acceptors (Lipinski definition) is 2. The maximum atomic E-state index is 4.30. The van der Waals surface area contributed by atoms with E-state index in [0.717, 1.165) is 5.41 Å². The molecule has 0 aromatic carbocycles. The lowest BCUT2D eigenvalue weighted by Crippen LogP contribution is -2.27. The largest absolute Gasteiger partial charge is 0.253 e. The van der Waals surface area contributed by atoms with Gasteiger partial charge in [-0.1, -0.05) is 12.8 Å². The normalized spacial score (nSPS) is 33.0. The van der Waals surface area contributed by atoms with Gasteiger partial charge in [0.15, 0.2) is 0 Å². The van der Waals surface area contributed by atoms with Gasteiger partial charge < -0.3 is 0 Å². The Morgan fingerprint density at radius 1 is 1.00 bits per heavy atom. The summed E-state index contributed by atoms with van der Waals surface area (Å²) in [6.45, 7) is 2.42.